The van der Waals surface area contributed by atoms with Gasteiger partial charge in [-0.05, 0) is 35.0 Å². The van der Waals surface area contributed by atoms with Crippen molar-refractivity contribution in [2.45, 2.75) is 12.5 Å². The first-order valence-electron chi connectivity index (χ1n) is 4.26. The summed E-state index contributed by atoms with van der Waals surface area (Å²) in [7, 11) is 1.52. The second kappa shape index (κ2) is 5.29. The Bertz CT molecular complexity index is 307. The molecule has 1 unspecified atom stereocenters. The molecular weight excluding hydrogens is 248 g/mol. The molecule has 5 heteroatoms. The Hall–Kier alpha value is -0.650. The third-order valence-corrected chi connectivity index (χ3v) is 2.27. The fourth-order valence-corrected chi connectivity index (χ4v) is 1.51. The van der Waals surface area contributed by atoms with E-state index in [1.807, 2.05) is 0 Å². The van der Waals surface area contributed by atoms with Crippen molar-refractivity contribution < 1.29 is 9.84 Å². The lowest BCUT2D eigenvalue weighted by atomic mass is 10.1. The fraction of sp³-hybridized carbons (Fsp3) is 0.444. The predicted octanol–water partition coefficient (Wildman–Crippen LogP) is 1.23. The Labute approximate surface area is 91.2 Å². The molecule has 0 saturated heterocycles. The van der Waals surface area contributed by atoms with Crippen LogP contribution in [0.2, 0.25) is 0 Å². The van der Waals surface area contributed by atoms with Crippen LogP contribution in [0.1, 0.15) is 18.1 Å². The Kier molecular flexibility index (Phi) is 4.31. The molecular formula is C9H13BrN2O2. The van der Waals surface area contributed by atoms with Gasteiger partial charge in [-0.2, -0.15) is 0 Å². The van der Waals surface area contributed by atoms with E-state index in [1.54, 1.807) is 12.3 Å². The molecule has 3 N–H and O–H groups in total. The average molecular weight is 261 g/mol. The van der Waals surface area contributed by atoms with Gasteiger partial charge in [0.2, 0.25) is 5.88 Å². The van der Waals surface area contributed by atoms with Crippen LogP contribution in [0.4, 0.5) is 0 Å². The molecule has 0 spiro atoms. The SMILES string of the molecule is COc1ncc(Br)cc1C(O)CCN. The molecule has 1 heterocycles. The highest BCUT2D eigenvalue weighted by atomic mass is 79.9. The third-order valence-electron chi connectivity index (χ3n) is 1.84. The van der Waals surface area contributed by atoms with Crippen LogP contribution in [-0.4, -0.2) is 23.7 Å². The van der Waals surface area contributed by atoms with Crippen molar-refractivity contribution in [3.05, 3.63) is 22.3 Å². The van der Waals surface area contributed by atoms with E-state index in [0.29, 0.717) is 24.4 Å². The highest BCUT2D eigenvalue weighted by Gasteiger charge is 2.13. The molecule has 0 amide bonds. The van der Waals surface area contributed by atoms with E-state index in [2.05, 4.69) is 20.9 Å². The highest BCUT2D eigenvalue weighted by molar-refractivity contribution is 9.10. The molecule has 14 heavy (non-hydrogen) atoms. The maximum absolute atomic E-state index is 9.74. The van der Waals surface area contributed by atoms with E-state index in [9.17, 15) is 5.11 Å². The zero-order chi connectivity index (χ0) is 10.6. The van der Waals surface area contributed by atoms with Gasteiger partial charge in [0.05, 0.1) is 13.2 Å². The minimum absolute atomic E-state index is 0.427. The van der Waals surface area contributed by atoms with Gasteiger partial charge in [-0.15, -0.1) is 0 Å². The molecule has 4 nitrogen and oxygen atoms in total. The molecule has 0 aliphatic carbocycles. The van der Waals surface area contributed by atoms with Crippen molar-refractivity contribution in [1.82, 2.24) is 4.98 Å². The van der Waals surface area contributed by atoms with Crippen molar-refractivity contribution in [3.63, 3.8) is 0 Å². The summed E-state index contributed by atoms with van der Waals surface area (Å²) in [4.78, 5) is 4.03. The number of pyridine rings is 1. The van der Waals surface area contributed by atoms with Gasteiger partial charge < -0.3 is 15.6 Å². The first-order chi connectivity index (χ1) is 6.69. The number of methoxy groups -OCH3 is 1. The minimum atomic E-state index is -0.625. The Balaban J connectivity index is 2.97. The summed E-state index contributed by atoms with van der Waals surface area (Å²) in [6, 6.07) is 1.78. The van der Waals surface area contributed by atoms with Crippen LogP contribution in [0.5, 0.6) is 5.88 Å². The summed E-state index contributed by atoms with van der Waals surface area (Å²) in [5.41, 5.74) is 6.02. The van der Waals surface area contributed by atoms with Crippen LogP contribution >= 0.6 is 15.9 Å². The molecule has 0 aliphatic rings. The summed E-state index contributed by atoms with van der Waals surface area (Å²) in [5.74, 6) is 0.439. The van der Waals surface area contributed by atoms with Crippen molar-refractivity contribution in [2.75, 3.05) is 13.7 Å². The number of aliphatic hydroxyl groups is 1. The molecule has 1 aromatic heterocycles. The van der Waals surface area contributed by atoms with Crippen molar-refractivity contribution in [2.24, 2.45) is 5.73 Å². The second-order valence-corrected chi connectivity index (χ2v) is 3.76. The highest BCUT2D eigenvalue weighted by Crippen LogP contribution is 2.27. The molecule has 78 valence electrons. The lowest BCUT2D eigenvalue weighted by Gasteiger charge is -2.12. The van der Waals surface area contributed by atoms with E-state index in [0.717, 1.165) is 4.47 Å². The average Bonchev–Trinajstić information content (AvgIpc) is 2.18. The van der Waals surface area contributed by atoms with Gasteiger partial charge in [0, 0.05) is 16.2 Å². The van der Waals surface area contributed by atoms with E-state index in [-0.39, 0.29) is 0 Å². The van der Waals surface area contributed by atoms with Gasteiger partial charge in [0.15, 0.2) is 0 Å². The number of rotatable bonds is 4. The molecule has 0 bridgehead atoms. The monoisotopic (exact) mass is 260 g/mol. The molecule has 1 atom stereocenters. The van der Waals surface area contributed by atoms with Gasteiger partial charge in [-0.25, -0.2) is 4.98 Å². The number of nitrogens with two attached hydrogens (primary N) is 1. The molecule has 0 saturated carbocycles. The van der Waals surface area contributed by atoms with Crippen LogP contribution in [0.15, 0.2) is 16.7 Å². The van der Waals surface area contributed by atoms with Crippen LogP contribution in [-0.2, 0) is 0 Å². The number of nitrogens with zero attached hydrogens (tertiary/aromatic N) is 1. The number of halogens is 1. The summed E-state index contributed by atoms with van der Waals surface area (Å²) in [6.45, 7) is 0.427. The third kappa shape index (κ3) is 2.67. The fourth-order valence-electron chi connectivity index (χ4n) is 1.17. The van der Waals surface area contributed by atoms with Gasteiger partial charge in [0.25, 0.3) is 0 Å². The lowest BCUT2D eigenvalue weighted by molar-refractivity contribution is 0.165. The van der Waals surface area contributed by atoms with Crippen LogP contribution in [0, 0.1) is 0 Å². The van der Waals surface area contributed by atoms with Crippen LogP contribution in [0.25, 0.3) is 0 Å². The standard InChI is InChI=1S/C9H13BrN2O2/c1-14-9-7(8(13)2-3-11)4-6(10)5-12-9/h4-5,8,13H,2-3,11H2,1H3. The van der Waals surface area contributed by atoms with Gasteiger partial charge in [-0.1, -0.05) is 0 Å². The Morgan fingerprint density at radius 3 is 3.00 bits per heavy atom. The van der Waals surface area contributed by atoms with E-state index in [1.165, 1.54) is 7.11 Å². The van der Waals surface area contributed by atoms with Gasteiger partial charge in [0.1, 0.15) is 0 Å². The minimum Gasteiger partial charge on any atom is -0.481 e. The molecule has 0 radical (unpaired) electrons. The zero-order valence-corrected chi connectivity index (χ0v) is 9.49. The van der Waals surface area contributed by atoms with Crippen LogP contribution < -0.4 is 10.5 Å². The first-order valence-corrected chi connectivity index (χ1v) is 5.06. The zero-order valence-electron chi connectivity index (χ0n) is 7.90. The Morgan fingerprint density at radius 2 is 2.43 bits per heavy atom. The quantitative estimate of drug-likeness (QED) is 0.855. The first kappa shape index (κ1) is 11.4. The predicted molar refractivity (Wildman–Crippen MR) is 57.1 cm³/mol. The van der Waals surface area contributed by atoms with Crippen molar-refractivity contribution in [3.8, 4) is 5.88 Å². The molecule has 0 aliphatic heterocycles. The molecule has 0 fully saturated rings. The topological polar surface area (TPSA) is 68.4 Å². The van der Waals surface area contributed by atoms with Gasteiger partial charge >= 0.3 is 0 Å². The molecule has 1 rings (SSSR count). The normalized spacial score (nSPS) is 12.6. The number of hydrogen-bond acceptors (Lipinski definition) is 4. The summed E-state index contributed by atoms with van der Waals surface area (Å²) in [5, 5.41) is 9.74. The molecule has 1 aromatic rings. The van der Waals surface area contributed by atoms with Crippen molar-refractivity contribution in [1.29, 1.82) is 0 Å². The summed E-state index contributed by atoms with van der Waals surface area (Å²) >= 11 is 3.28. The van der Waals surface area contributed by atoms with E-state index >= 15 is 0 Å². The van der Waals surface area contributed by atoms with Crippen molar-refractivity contribution >= 4 is 15.9 Å². The smallest absolute Gasteiger partial charge is 0.218 e. The maximum atomic E-state index is 9.74. The number of aliphatic hydroxyl groups excluding tert-OH is 1. The van der Waals surface area contributed by atoms with Crippen LogP contribution in [0.3, 0.4) is 0 Å². The number of ether oxygens (including phenoxy) is 1. The Morgan fingerprint density at radius 1 is 1.71 bits per heavy atom. The second-order valence-electron chi connectivity index (χ2n) is 2.85. The number of hydrogen-bond donors (Lipinski definition) is 2. The van der Waals surface area contributed by atoms with E-state index < -0.39 is 6.10 Å². The number of aromatic nitrogens is 1. The molecule has 0 aromatic carbocycles. The largest absolute Gasteiger partial charge is 0.481 e. The maximum Gasteiger partial charge on any atom is 0.218 e. The summed E-state index contributed by atoms with van der Waals surface area (Å²) < 4.78 is 5.84. The lowest BCUT2D eigenvalue weighted by Crippen LogP contribution is -2.08. The van der Waals surface area contributed by atoms with Gasteiger partial charge in [-0.3, -0.25) is 0 Å². The summed E-state index contributed by atoms with van der Waals surface area (Å²) in [6.07, 6.45) is 1.49. The van der Waals surface area contributed by atoms with E-state index in [4.69, 9.17) is 10.5 Å².